The molecule has 0 amide bonds. The number of hydrogen-bond donors (Lipinski definition) is 1. The molecule has 1 rings (SSSR count). The number of carboxylic acid groups (broad SMARTS) is 1. The SMILES string of the molecule is O=C(O)[CH-]Cc1ccccc1.[K+]. The summed E-state index contributed by atoms with van der Waals surface area (Å²) in [5.41, 5.74) is 1.02. The van der Waals surface area contributed by atoms with Crippen LogP contribution in [0.2, 0.25) is 0 Å². The van der Waals surface area contributed by atoms with E-state index in [-0.39, 0.29) is 51.4 Å². The van der Waals surface area contributed by atoms with Crippen LogP contribution in [0.25, 0.3) is 0 Å². The van der Waals surface area contributed by atoms with Gasteiger partial charge >= 0.3 is 51.4 Å². The fraction of sp³-hybridized carbons (Fsp3) is 0.111. The average molecular weight is 188 g/mol. The number of rotatable bonds is 3. The number of aliphatic carboxylic acids is 1. The van der Waals surface area contributed by atoms with Gasteiger partial charge in [0.25, 0.3) is 0 Å². The van der Waals surface area contributed by atoms with E-state index in [9.17, 15) is 4.79 Å². The Morgan fingerprint density at radius 3 is 2.42 bits per heavy atom. The van der Waals surface area contributed by atoms with E-state index in [0.29, 0.717) is 6.42 Å². The molecule has 3 heteroatoms. The minimum Gasteiger partial charge on any atom is -0.503 e. The van der Waals surface area contributed by atoms with E-state index >= 15 is 0 Å². The molecule has 1 N–H and O–H groups in total. The molecule has 58 valence electrons. The van der Waals surface area contributed by atoms with Gasteiger partial charge in [-0.3, -0.25) is 11.2 Å². The zero-order valence-corrected chi connectivity index (χ0v) is 10.1. The van der Waals surface area contributed by atoms with Crippen LogP contribution in [0, 0.1) is 6.42 Å². The van der Waals surface area contributed by atoms with Gasteiger partial charge in [0.1, 0.15) is 0 Å². The molecule has 0 aliphatic rings. The summed E-state index contributed by atoms with van der Waals surface area (Å²) >= 11 is 0. The van der Waals surface area contributed by atoms with E-state index in [1.54, 1.807) is 0 Å². The molecular weight excluding hydrogens is 179 g/mol. The molecule has 0 saturated carbocycles. The minimum absolute atomic E-state index is 0. The third-order valence-corrected chi connectivity index (χ3v) is 1.36. The fourth-order valence-electron chi connectivity index (χ4n) is 0.819. The van der Waals surface area contributed by atoms with Crippen LogP contribution < -0.4 is 51.4 Å². The van der Waals surface area contributed by atoms with E-state index < -0.39 is 5.97 Å². The van der Waals surface area contributed by atoms with Crippen LogP contribution in [0.15, 0.2) is 30.3 Å². The second kappa shape index (κ2) is 6.68. The second-order valence-electron chi connectivity index (χ2n) is 2.23. The van der Waals surface area contributed by atoms with Crippen molar-refractivity contribution in [3.05, 3.63) is 42.3 Å². The zero-order chi connectivity index (χ0) is 8.10. The quantitative estimate of drug-likeness (QED) is 0.464. The molecule has 0 bridgehead atoms. The molecule has 12 heavy (non-hydrogen) atoms. The van der Waals surface area contributed by atoms with Crippen molar-refractivity contribution >= 4 is 5.97 Å². The molecule has 2 nitrogen and oxygen atoms in total. The Morgan fingerprint density at radius 2 is 1.92 bits per heavy atom. The number of hydrogen-bond acceptors (Lipinski definition) is 1. The first kappa shape index (κ1) is 12.2. The van der Waals surface area contributed by atoms with Crippen molar-refractivity contribution in [3.8, 4) is 0 Å². The van der Waals surface area contributed by atoms with Crippen LogP contribution in [0.1, 0.15) is 5.56 Å². The van der Waals surface area contributed by atoms with E-state index in [1.165, 1.54) is 6.42 Å². The van der Waals surface area contributed by atoms with Gasteiger partial charge in [0, 0.05) is 0 Å². The molecular formula is C9H9KO2. The molecule has 1 aromatic rings. The van der Waals surface area contributed by atoms with Crippen molar-refractivity contribution in [2.75, 3.05) is 0 Å². The Hall–Kier alpha value is 0.196. The predicted molar refractivity (Wildman–Crippen MR) is 42.1 cm³/mol. The van der Waals surface area contributed by atoms with E-state index in [4.69, 9.17) is 5.11 Å². The van der Waals surface area contributed by atoms with Crippen LogP contribution in [-0.4, -0.2) is 11.1 Å². The fourth-order valence-corrected chi connectivity index (χ4v) is 0.819. The van der Waals surface area contributed by atoms with Gasteiger partial charge < -0.3 is 5.11 Å². The smallest absolute Gasteiger partial charge is 0.503 e. The topological polar surface area (TPSA) is 37.3 Å². The van der Waals surface area contributed by atoms with Gasteiger partial charge in [0.05, 0.1) is 0 Å². The van der Waals surface area contributed by atoms with Crippen molar-refractivity contribution < 1.29 is 61.3 Å². The van der Waals surface area contributed by atoms with Gasteiger partial charge in [-0.2, -0.15) is 0 Å². The predicted octanol–water partition coefficient (Wildman–Crippen LogP) is -1.48. The van der Waals surface area contributed by atoms with Crippen molar-refractivity contribution in [3.63, 3.8) is 0 Å². The summed E-state index contributed by atoms with van der Waals surface area (Å²) in [6, 6.07) is 9.50. The first-order chi connectivity index (χ1) is 5.29. The Balaban J connectivity index is 0.00000121. The first-order valence-electron chi connectivity index (χ1n) is 3.39. The molecule has 0 aliphatic heterocycles. The van der Waals surface area contributed by atoms with Crippen LogP contribution in [0.5, 0.6) is 0 Å². The zero-order valence-electron chi connectivity index (χ0n) is 7.03. The molecule has 0 unspecified atom stereocenters. The maximum atomic E-state index is 10.1. The summed E-state index contributed by atoms with van der Waals surface area (Å²) in [6.07, 6.45) is 1.74. The van der Waals surface area contributed by atoms with Crippen LogP contribution in [0.4, 0.5) is 0 Å². The summed E-state index contributed by atoms with van der Waals surface area (Å²) in [4.78, 5) is 10.1. The maximum Gasteiger partial charge on any atom is 1.00 e. The van der Waals surface area contributed by atoms with E-state index in [0.717, 1.165) is 5.56 Å². The average Bonchev–Trinajstić information content (AvgIpc) is 2.03. The van der Waals surface area contributed by atoms with Crippen molar-refractivity contribution in [1.82, 2.24) is 0 Å². The largest absolute Gasteiger partial charge is 1.00 e. The molecule has 0 aliphatic carbocycles. The van der Waals surface area contributed by atoms with Gasteiger partial charge in [-0.15, -0.1) is 6.42 Å². The molecule has 0 heterocycles. The van der Waals surface area contributed by atoms with Gasteiger partial charge in [-0.1, -0.05) is 35.9 Å². The molecule has 0 atom stereocenters. The van der Waals surface area contributed by atoms with Gasteiger partial charge in [0.15, 0.2) is 5.97 Å². The summed E-state index contributed by atoms with van der Waals surface area (Å²) in [7, 11) is 0. The summed E-state index contributed by atoms with van der Waals surface area (Å²) in [5.74, 6) is -0.867. The van der Waals surface area contributed by atoms with Crippen LogP contribution in [-0.2, 0) is 11.2 Å². The third-order valence-electron chi connectivity index (χ3n) is 1.36. The second-order valence-corrected chi connectivity index (χ2v) is 2.23. The van der Waals surface area contributed by atoms with Gasteiger partial charge in [0.2, 0.25) is 0 Å². The van der Waals surface area contributed by atoms with Gasteiger partial charge in [-0.05, 0) is 0 Å². The normalized spacial score (nSPS) is 8.33. The summed E-state index contributed by atoms with van der Waals surface area (Å²) in [6.45, 7) is 0. The maximum absolute atomic E-state index is 10.1. The van der Waals surface area contributed by atoms with Crippen molar-refractivity contribution in [2.24, 2.45) is 0 Å². The standard InChI is InChI=1S/C9H9O2.K/c10-9(11)7-6-8-4-2-1-3-5-8;/h1-5,7H,6H2,(H,10,11);/q-1;+1. The van der Waals surface area contributed by atoms with Gasteiger partial charge in [-0.25, -0.2) is 0 Å². The molecule has 0 spiro atoms. The van der Waals surface area contributed by atoms with E-state index in [2.05, 4.69) is 0 Å². The first-order valence-corrected chi connectivity index (χ1v) is 3.39. The van der Waals surface area contributed by atoms with Crippen molar-refractivity contribution in [1.29, 1.82) is 0 Å². The Bertz CT molecular complexity index is 234. The minimum atomic E-state index is -0.867. The molecule has 0 radical (unpaired) electrons. The van der Waals surface area contributed by atoms with Crippen LogP contribution in [0.3, 0.4) is 0 Å². The van der Waals surface area contributed by atoms with Crippen LogP contribution >= 0.6 is 0 Å². The third kappa shape index (κ3) is 4.95. The Morgan fingerprint density at radius 1 is 1.33 bits per heavy atom. The Kier molecular flexibility index (Phi) is 6.79. The Labute approximate surface area is 114 Å². The summed E-state index contributed by atoms with van der Waals surface area (Å²) in [5, 5.41) is 8.32. The molecule has 0 fully saturated rings. The van der Waals surface area contributed by atoms with E-state index in [1.807, 2.05) is 30.3 Å². The molecule has 0 aromatic heterocycles. The van der Waals surface area contributed by atoms with Crippen molar-refractivity contribution in [2.45, 2.75) is 6.42 Å². The number of carboxylic acids is 1. The number of carbonyl (C=O) groups is 1. The monoisotopic (exact) mass is 188 g/mol. The summed E-state index contributed by atoms with van der Waals surface area (Å²) < 4.78 is 0. The molecule has 1 aromatic carbocycles. The number of benzene rings is 1. The molecule has 0 saturated heterocycles.